The van der Waals surface area contributed by atoms with Crippen LogP contribution in [0.2, 0.25) is 0 Å². The van der Waals surface area contributed by atoms with Crippen molar-refractivity contribution in [2.75, 3.05) is 7.05 Å². The molecular weight excluding hydrogens is 407 g/mol. The zero-order valence-corrected chi connectivity index (χ0v) is 19.1. The Balaban J connectivity index is 1.61. The van der Waals surface area contributed by atoms with Crippen molar-refractivity contribution in [2.45, 2.75) is 47.3 Å². The van der Waals surface area contributed by atoms with Gasteiger partial charge in [0, 0.05) is 43.0 Å². The van der Waals surface area contributed by atoms with Crippen molar-refractivity contribution in [2.24, 2.45) is 0 Å². The number of benzene rings is 1. The molecule has 0 spiro atoms. The quantitative estimate of drug-likeness (QED) is 0.459. The van der Waals surface area contributed by atoms with E-state index in [9.17, 15) is 9.18 Å². The zero-order chi connectivity index (χ0) is 23.0. The van der Waals surface area contributed by atoms with Gasteiger partial charge in [0.05, 0.1) is 11.4 Å². The monoisotopic (exact) mass is 434 g/mol. The standard InChI is InChI=1S/C24H27FN6O/c1-6-30-17(4)21(15(2)27-30)13-29(5)22(32)14-31-24-23(16(3)28-31)20(11-12-26-24)18-7-9-19(25)10-8-18/h7-12H,6,13-14H2,1-5H3. The fourth-order valence-electron chi connectivity index (χ4n) is 4.11. The summed E-state index contributed by atoms with van der Waals surface area (Å²) in [6.07, 6.45) is 1.69. The van der Waals surface area contributed by atoms with Crippen LogP contribution in [0.4, 0.5) is 4.39 Å². The average molecular weight is 435 g/mol. The normalized spacial score (nSPS) is 11.3. The fourth-order valence-corrected chi connectivity index (χ4v) is 4.11. The van der Waals surface area contributed by atoms with Gasteiger partial charge in [-0.05, 0) is 57.0 Å². The summed E-state index contributed by atoms with van der Waals surface area (Å²) in [6.45, 7) is 9.32. The molecule has 4 aromatic rings. The molecule has 0 unspecified atom stereocenters. The van der Waals surface area contributed by atoms with Crippen molar-refractivity contribution in [3.8, 4) is 11.1 Å². The van der Waals surface area contributed by atoms with Crippen LogP contribution in [0.1, 0.15) is 29.6 Å². The lowest BCUT2D eigenvalue weighted by Gasteiger charge is -2.18. The first-order chi connectivity index (χ1) is 15.3. The maximum atomic E-state index is 13.4. The van der Waals surface area contributed by atoms with Crippen molar-refractivity contribution in [1.82, 2.24) is 29.4 Å². The van der Waals surface area contributed by atoms with E-state index in [0.717, 1.165) is 45.7 Å². The molecule has 3 aromatic heterocycles. The van der Waals surface area contributed by atoms with Crippen LogP contribution in [0.25, 0.3) is 22.2 Å². The van der Waals surface area contributed by atoms with Crippen LogP contribution in [-0.2, 0) is 24.4 Å². The van der Waals surface area contributed by atoms with Gasteiger partial charge < -0.3 is 4.90 Å². The molecular formula is C24H27FN6O. The molecule has 0 bridgehead atoms. The molecule has 0 fully saturated rings. The summed E-state index contributed by atoms with van der Waals surface area (Å²) in [5.74, 6) is -0.346. The second-order valence-corrected chi connectivity index (χ2v) is 8.02. The van der Waals surface area contributed by atoms with Gasteiger partial charge in [-0.2, -0.15) is 10.2 Å². The molecule has 8 heteroatoms. The lowest BCUT2D eigenvalue weighted by molar-refractivity contribution is -0.131. The predicted molar refractivity (Wildman–Crippen MR) is 122 cm³/mol. The Bertz CT molecular complexity index is 1290. The number of carbonyl (C=O) groups is 1. The van der Waals surface area contributed by atoms with E-state index < -0.39 is 0 Å². The molecule has 32 heavy (non-hydrogen) atoms. The number of carbonyl (C=O) groups excluding carboxylic acids is 1. The molecule has 0 saturated carbocycles. The topological polar surface area (TPSA) is 68.8 Å². The van der Waals surface area contributed by atoms with Gasteiger partial charge in [-0.25, -0.2) is 14.1 Å². The molecule has 4 rings (SSSR count). The Kier molecular flexibility index (Phi) is 5.78. The number of hydrogen-bond donors (Lipinski definition) is 0. The van der Waals surface area contributed by atoms with Crippen molar-refractivity contribution in [3.63, 3.8) is 0 Å². The predicted octanol–water partition coefficient (Wildman–Crippen LogP) is 4.04. The number of halogens is 1. The summed E-state index contributed by atoms with van der Waals surface area (Å²) in [5.41, 5.74) is 6.30. The minimum atomic E-state index is -0.282. The maximum absolute atomic E-state index is 13.4. The highest BCUT2D eigenvalue weighted by atomic mass is 19.1. The third kappa shape index (κ3) is 3.88. The van der Waals surface area contributed by atoms with Gasteiger partial charge in [-0.1, -0.05) is 12.1 Å². The lowest BCUT2D eigenvalue weighted by atomic mass is 10.0. The number of aromatic nitrogens is 5. The van der Waals surface area contributed by atoms with E-state index in [0.29, 0.717) is 12.2 Å². The molecule has 0 aliphatic rings. The average Bonchev–Trinajstić information content (AvgIpc) is 3.24. The van der Waals surface area contributed by atoms with Crippen molar-refractivity contribution in [1.29, 1.82) is 0 Å². The minimum absolute atomic E-state index is 0.0635. The van der Waals surface area contributed by atoms with E-state index in [1.165, 1.54) is 12.1 Å². The number of rotatable bonds is 6. The van der Waals surface area contributed by atoms with E-state index in [4.69, 9.17) is 0 Å². The Morgan fingerprint density at radius 3 is 2.38 bits per heavy atom. The van der Waals surface area contributed by atoms with Crippen LogP contribution < -0.4 is 0 Å². The van der Waals surface area contributed by atoms with Gasteiger partial charge in [-0.15, -0.1) is 0 Å². The van der Waals surface area contributed by atoms with Gasteiger partial charge in [-0.3, -0.25) is 9.48 Å². The highest BCUT2D eigenvalue weighted by Gasteiger charge is 2.20. The lowest BCUT2D eigenvalue weighted by Crippen LogP contribution is -2.30. The van der Waals surface area contributed by atoms with Gasteiger partial charge in [0.25, 0.3) is 0 Å². The number of pyridine rings is 1. The minimum Gasteiger partial charge on any atom is -0.340 e. The SMILES string of the molecule is CCn1nc(C)c(CN(C)C(=O)Cn2nc(C)c3c(-c4ccc(F)cc4)ccnc32)c1C. The fraction of sp³-hybridized carbons (Fsp3) is 0.333. The second kappa shape index (κ2) is 8.53. The summed E-state index contributed by atoms with van der Waals surface area (Å²) >= 11 is 0. The van der Waals surface area contributed by atoms with Gasteiger partial charge in [0.1, 0.15) is 12.4 Å². The molecule has 0 saturated heterocycles. The third-order valence-electron chi connectivity index (χ3n) is 5.90. The first-order valence-corrected chi connectivity index (χ1v) is 10.6. The van der Waals surface area contributed by atoms with Crippen LogP contribution in [0.15, 0.2) is 36.5 Å². The van der Waals surface area contributed by atoms with E-state index in [2.05, 4.69) is 22.1 Å². The molecule has 7 nitrogen and oxygen atoms in total. The molecule has 0 radical (unpaired) electrons. The van der Waals surface area contributed by atoms with Crippen LogP contribution in [0.3, 0.4) is 0 Å². The maximum Gasteiger partial charge on any atom is 0.244 e. The summed E-state index contributed by atoms with van der Waals surface area (Å²) in [4.78, 5) is 19.2. The number of likely N-dealkylation sites (N-methyl/N-ethyl adjacent to an activating group) is 1. The summed E-state index contributed by atoms with van der Waals surface area (Å²) in [5, 5.41) is 10.00. The Morgan fingerprint density at radius 2 is 1.72 bits per heavy atom. The first-order valence-electron chi connectivity index (χ1n) is 10.6. The largest absolute Gasteiger partial charge is 0.340 e. The zero-order valence-electron chi connectivity index (χ0n) is 19.1. The number of nitrogens with zero attached hydrogens (tertiary/aromatic N) is 6. The molecule has 0 atom stereocenters. The molecule has 1 aromatic carbocycles. The summed E-state index contributed by atoms with van der Waals surface area (Å²) < 4.78 is 17.0. The highest BCUT2D eigenvalue weighted by Crippen LogP contribution is 2.30. The molecule has 0 N–H and O–H groups in total. The molecule has 3 heterocycles. The Labute approximate surface area is 186 Å². The van der Waals surface area contributed by atoms with Crippen LogP contribution >= 0.6 is 0 Å². The van der Waals surface area contributed by atoms with Crippen LogP contribution in [-0.4, -0.2) is 42.4 Å². The highest BCUT2D eigenvalue weighted by molar-refractivity contribution is 5.95. The van der Waals surface area contributed by atoms with Gasteiger partial charge in [0.15, 0.2) is 5.65 Å². The van der Waals surface area contributed by atoms with Crippen LogP contribution in [0.5, 0.6) is 0 Å². The number of hydrogen-bond acceptors (Lipinski definition) is 4. The van der Waals surface area contributed by atoms with Crippen LogP contribution in [0, 0.1) is 26.6 Å². The Hall–Kier alpha value is -3.55. The van der Waals surface area contributed by atoms with E-state index in [1.807, 2.05) is 31.5 Å². The molecule has 0 aliphatic carbocycles. The molecule has 166 valence electrons. The Morgan fingerprint density at radius 1 is 1.03 bits per heavy atom. The summed E-state index contributed by atoms with van der Waals surface area (Å²) in [7, 11) is 1.79. The van der Waals surface area contributed by atoms with Crippen molar-refractivity contribution >= 4 is 16.9 Å². The molecule has 1 amide bonds. The van der Waals surface area contributed by atoms with Gasteiger partial charge >= 0.3 is 0 Å². The summed E-state index contributed by atoms with van der Waals surface area (Å²) in [6, 6.07) is 8.23. The second-order valence-electron chi connectivity index (χ2n) is 8.02. The van der Waals surface area contributed by atoms with Gasteiger partial charge in [0.2, 0.25) is 5.91 Å². The van der Waals surface area contributed by atoms with E-state index in [1.54, 1.807) is 35.0 Å². The number of fused-ring (bicyclic) bond motifs is 1. The van der Waals surface area contributed by atoms with Crippen molar-refractivity contribution in [3.05, 3.63) is 65.0 Å². The smallest absolute Gasteiger partial charge is 0.244 e. The molecule has 0 aliphatic heterocycles. The van der Waals surface area contributed by atoms with E-state index >= 15 is 0 Å². The van der Waals surface area contributed by atoms with E-state index in [-0.39, 0.29) is 18.3 Å². The number of amides is 1. The third-order valence-corrected chi connectivity index (χ3v) is 5.90. The first kappa shape index (κ1) is 21.7. The number of aryl methyl sites for hydroxylation is 3. The van der Waals surface area contributed by atoms with Crippen molar-refractivity contribution < 1.29 is 9.18 Å².